The Labute approximate surface area is 227 Å². The lowest BCUT2D eigenvalue weighted by Crippen LogP contribution is -2.64. The Kier molecular flexibility index (Phi) is 5.33. The fraction of sp³-hybridized carbons (Fsp3) is 0.700. The van der Waals surface area contributed by atoms with E-state index in [0.717, 1.165) is 5.56 Å². The lowest BCUT2D eigenvalue weighted by atomic mass is 9.50. The van der Waals surface area contributed by atoms with Gasteiger partial charge >= 0.3 is 5.97 Å². The van der Waals surface area contributed by atoms with Gasteiger partial charge in [-0.05, 0) is 38.2 Å². The molecule has 9 heteroatoms. The first kappa shape index (κ1) is 25.6. The van der Waals surface area contributed by atoms with E-state index in [4.69, 9.17) is 18.9 Å². The number of hydrogen-bond acceptors (Lipinski definition) is 8. The summed E-state index contributed by atoms with van der Waals surface area (Å²) in [6.45, 7) is 8.81. The molecule has 4 heterocycles. The Bertz CT molecular complexity index is 1230. The number of benzene rings is 1. The Morgan fingerprint density at radius 3 is 2.49 bits per heavy atom. The van der Waals surface area contributed by atoms with Gasteiger partial charge in [-0.2, -0.15) is 0 Å². The van der Waals surface area contributed by atoms with Gasteiger partial charge < -0.3 is 29.4 Å². The number of carbonyl (C=O) groups is 3. The Hall–Kier alpha value is -2.33. The molecule has 9 nitrogen and oxygen atoms in total. The van der Waals surface area contributed by atoms with Crippen LogP contribution < -0.4 is 5.32 Å². The van der Waals surface area contributed by atoms with Crippen molar-refractivity contribution < 1.29 is 38.4 Å². The maximum absolute atomic E-state index is 14.5. The minimum absolute atomic E-state index is 0.0509. The molecular weight excluding hydrogens is 502 g/mol. The highest BCUT2D eigenvalue weighted by Gasteiger charge is 2.84. The number of carbonyl (C=O) groups excluding carboxylic acids is 3. The lowest BCUT2D eigenvalue weighted by Gasteiger charge is -2.50. The molecule has 4 saturated heterocycles. The van der Waals surface area contributed by atoms with E-state index in [1.165, 1.54) is 13.8 Å². The zero-order chi connectivity index (χ0) is 27.6. The summed E-state index contributed by atoms with van der Waals surface area (Å²) in [7, 11) is 0. The molecule has 210 valence electrons. The molecule has 1 aromatic rings. The van der Waals surface area contributed by atoms with Crippen LogP contribution >= 0.6 is 0 Å². The molecule has 2 aliphatic carbocycles. The summed E-state index contributed by atoms with van der Waals surface area (Å²) in [4.78, 5) is 40.5. The quantitative estimate of drug-likeness (QED) is 0.438. The molecule has 0 bridgehead atoms. The molecule has 6 fully saturated rings. The van der Waals surface area contributed by atoms with Gasteiger partial charge in [-0.25, -0.2) is 0 Å². The molecule has 14 atom stereocenters. The molecule has 7 rings (SSSR count). The molecule has 1 aromatic carbocycles. The van der Waals surface area contributed by atoms with Crippen LogP contribution in [0.4, 0.5) is 0 Å². The van der Waals surface area contributed by atoms with E-state index < -0.39 is 52.7 Å². The number of aliphatic hydroxyl groups is 1. The summed E-state index contributed by atoms with van der Waals surface area (Å²) < 4.78 is 24.8. The van der Waals surface area contributed by atoms with E-state index >= 15 is 0 Å². The molecule has 2 saturated carbocycles. The van der Waals surface area contributed by atoms with Crippen LogP contribution in [0.15, 0.2) is 30.3 Å². The number of rotatable bonds is 3. The van der Waals surface area contributed by atoms with Gasteiger partial charge in [-0.15, -0.1) is 0 Å². The van der Waals surface area contributed by atoms with Crippen molar-refractivity contribution in [2.45, 2.75) is 101 Å². The third-order valence-electron chi connectivity index (χ3n) is 10.9. The van der Waals surface area contributed by atoms with Crippen molar-refractivity contribution in [3.8, 4) is 0 Å². The largest absolute Gasteiger partial charge is 0.458 e. The highest BCUT2D eigenvalue weighted by molar-refractivity contribution is 5.91. The molecular formula is C30H37NO8. The molecule has 6 aliphatic rings. The summed E-state index contributed by atoms with van der Waals surface area (Å²) >= 11 is 0. The van der Waals surface area contributed by atoms with Crippen molar-refractivity contribution in [3.63, 3.8) is 0 Å². The van der Waals surface area contributed by atoms with Crippen LogP contribution in [0.1, 0.15) is 46.6 Å². The van der Waals surface area contributed by atoms with E-state index in [1.807, 2.05) is 30.3 Å². The van der Waals surface area contributed by atoms with E-state index in [1.54, 1.807) is 6.92 Å². The Balaban J connectivity index is 1.40. The summed E-state index contributed by atoms with van der Waals surface area (Å²) in [5.41, 5.74) is -2.36. The number of nitrogens with one attached hydrogen (secondary N) is 1. The maximum atomic E-state index is 14.5. The van der Waals surface area contributed by atoms with Crippen LogP contribution in [0.5, 0.6) is 0 Å². The zero-order valence-electron chi connectivity index (χ0n) is 23.0. The fourth-order valence-corrected chi connectivity index (χ4v) is 8.82. The van der Waals surface area contributed by atoms with Gasteiger partial charge in [-0.1, -0.05) is 44.2 Å². The van der Waals surface area contributed by atoms with E-state index in [9.17, 15) is 19.5 Å². The molecule has 2 N–H and O–H groups in total. The SMILES string of the molecule is CC(=O)O[C@@H]1[C@@H]2O[C@H]2[C@@](C)(O)C(=O)[C@@H](C)C[C@@H]2O[C@H]2[C@H]2[C@@H]3O[C@]3(C)[C@@H](C)[C@H]3[C@H](Cc4ccccc4)NC(=O)[C@]321. The fourth-order valence-electron chi connectivity index (χ4n) is 8.82. The van der Waals surface area contributed by atoms with Crippen LogP contribution in [0.2, 0.25) is 0 Å². The Morgan fingerprint density at radius 1 is 1.08 bits per heavy atom. The molecule has 1 amide bonds. The van der Waals surface area contributed by atoms with Gasteiger partial charge in [0.05, 0.1) is 23.9 Å². The second kappa shape index (κ2) is 8.12. The Morgan fingerprint density at radius 2 is 1.79 bits per heavy atom. The zero-order valence-corrected chi connectivity index (χ0v) is 23.0. The molecule has 0 radical (unpaired) electrons. The van der Waals surface area contributed by atoms with Crippen molar-refractivity contribution in [3.05, 3.63) is 35.9 Å². The molecule has 0 aromatic heterocycles. The lowest BCUT2D eigenvalue weighted by molar-refractivity contribution is -0.175. The number of fused-ring (bicyclic) bond motifs is 5. The van der Waals surface area contributed by atoms with Crippen LogP contribution in [0.3, 0.4) is 0 Å². The molecule has 4 aliphatic heterocycles. The average Bonchev–Trinajstić information content (AvgIpc) is 3.79. The first-order valence-corrected chi connectivity index (χ1v) is 14.2. The normalized spacial score (nSPS) is 53.0. The van der Waals surface area contributed by atoms with Crippen molar-refractivity contribution in [1.82, 2.24) is 5.32 Å². The second-order valence-electron chi connectivity index (χ2n) is 13.1. The minimum Gasteiger partial charge on any atom is -0.458 e. The van der Waals surface area contributed by atoms with Gasteiger partial charge in [0.25, 0.3) is 0 Å². The van der Waals surface area contributed by atoms with Gasteiger partial charge in [0.2, 0.25) is 5.91 Å². The smallest absolute Gasteiger partial charge is 0.303 e. The number of esters is 1. The molecule has 39 heavy (non-hydrogen) atoms. The number of ketones is 1. The first-order valence-electron chi connectivity index (χ1n) is 14.2. The number of ether oxygens (including phenoxy) is 4. The summed E-state index contributed by atoms with van der Waals surface area (Å²) in [6.07, 6.45) is -2.50. The van der Waals surface area contributed by atoms with Crippen molar-refractivity contribution in [2.75, 3.05) is 0 Å². The highest BCUT2D eigenvalue weighted by Crippen LogP contribution is 2.70. The third-order valence-corrected chi connectivity index (χ3v) is 10.9. The highest BCUT2D eigenvalue weighted by atomic mass is 16.6. The predicted octanol–water partition coefficient (Wildman–Crippen LogP) is 1.58. The number of Topliss-reactive ketones (excluding diaryl/α,β-unsaturated/α-hetero) is 1. The number of hydrogen-bond donors (Lipinski definition) is 2. The third kappa shape index (κ3) is 3.42. The molecule has 0 unspecified atom stereocenters. The van der Waals surface area contributed by atoms with Crippen LogP contribution in [-0.2, 0) is 39.8 Å². The second-order valence-corrected chi connectivity index (χ2v) is 13.1. The monoisotopic (exact) mass is 539 g/mol. The maximum Gasteiger partial charge on any atom is 0.303 e. The summed E-state index contributed by atoms with van der Waals surface area (Å²) in [6, 6.07) is 9.79. The number of epoxide rings is 3. The standard InChI is InChI=1S/C30H37NO8/c1-13-11-18-21(37-18)20-24-29(5,39-24)14(2)19-17(12-16-9-7-6-8-10-16)31-27(34)30(19,20)26(36-15(3)32)22-25(38-22)28(4,35)23(13)33/h6-10,13-14,17-22,24-26,35H,11-12H2,1-5H3,(H,31,34)/t13-,14-,17-,18-,19-,20-,21+,22+,24-,25+,26+,28-,29+,30+/m0/s1. The van der Waals surface area contributed by atoms with Gasteiger partial charge in [0, 0.05) is 30.7 Å². The predicted molar refractivity (Wildman–Crippen MR) is 136 cm³/mol. The van der Waals surface area contributed by atoms with Crippen molar-refractivity contribution in [1.29, 1.82) is 0 Å². The van der Waals surface area contributed by atoms with Gasteiger partial charge in [0.15, 0.2) is 5.78 Å². The van der Waals surface area contributed by atoms with E-state index in [-0.39, 0.29) is 47.9 Å². The summed E-state index contributed by atoms with van der Waals surface area (Å²) in [5.74, 6) is -2.25. The van der Waals surface area contributed by atoms with Gasteiger partial charge in [-0.3, -0.25) is 14.4 Å². The van der Waals surface area contributed by atoms with Crippen molar-refractivity contribution in [2.24, 2.45) is 29.1 Å². The van der Waals surface area contributed by atoms with Gasteiger partial charge in [0.1, 0.15) is 29.3 Å². The molecule has 1 spiro atoms. The van der Waals surface area contributed by atoms with Crippen LogP contribution in [0, 0.1) is 29.1 Å². The van der Waals surface area contributed by atoms with Crippen molar-refractivity contribution >= 4 is 17.7 Å². The van der Waals surface area contributed by atoms with Crippen LogP contribution in [0.25, 0.3) is 0 Å². The van der Waals surface area contributed by atoms with E-state index in [0.29, 0.717) is 12.8 Å². The van der Waals surface area contributed by atoms with E-state index in [2.05, 4.69) is 19.2 Å². The average molecular weight is 540 g/mol. The number of amides is 1. The first-order chi connectivity index (χ1) is 18.4. The van der Waals surface area contributed by atoms with Crippen LogP contribution in [-0.4, -0.2) is 76.6 Å². The minimum atomic E-state index is -1.79. The summed E-state index contributed by atoms with van der Waals surface area (Å²) in [5, 5.41) is 14.7. The topological polar surface area (TPSA) is 130 Å².